The molecule has 0 bridgehead atoms. The average Bonchev–Trinajstić information content (AvgIpc) is 3.20. The van der Waals surface area contributed by atoms with Crippen molar-refractivity contribution in [2.24, 2.45) is 0 Å². The molecule has 0 unspecified atom stereocenters. The van der Waals surface area contributed by atoms with Crippen LogP contribution in [0.1, 0.15) is 36.6 Å². The van der Waals surface area contributed by atoms with Gasteiger partial charge in [0, 0.05) is 30.7 Å². The molecular formula is C23H25FN4O2. The lowest BCUT2D eigenvalue weighted by atomic mass is 9.94. The third kappa shape index (κ3) is 4.41. The highest BCUT2D eigenvalue weighted by Crippen LogP contribution is 2.36. The highest BCUT2D eigenvalue weighted by Gasteiger charge is 2.32. The number of halogens is 1. The standard InChI is InChI=1S/C23H25FN4O2/c24-19-6-4-17(5-7-19)15-22(30)28-12-2-1-3-21(28)23-20(16-27(26-23)13-14-29)18-8-10-25-11-9-18/h4-11,16,21,29H,1-3,12-15H2/t21-/m1/s1. The van der Waals surface area contributed by atoms with Gasteiger partial charge in [0.15, 0.2) is 0 Å². The number of carbonyl (C=O) groups excluding carboxylic acids is 1. The van der Waals surface area contributed by atoms with E-state index in [4.69, 9.17) is 5.10 Å². The number of amides is 1. The number of rotatable bonds is 6. The van der Waals surface area contributed by atoms with Crippen molar-refractivity contribution in [3.05, 3.63) is 72.1 Å². The molecule has 30 heavy (non-hydrogen) atoms. The number of benzene rings is 1. The predicted octanol–water partition coefficient (Wildman–Crippen LogP) is 3.37. The average molecular weight is 408 g/mol. The van der Waals surface area contributed by atoms with Gasteiger partial charge in [-0.1, -0.05) is 12.1 Å². The zero-order valence-corrected chi connectivity index (χ0v) is 16.7. The van der Waals surface area contributed by atoms with E-state index in [9.17, 15) is 14.3 Å². The number of aromatic nitrogens is 3. The second-order valence-corrected chi connectivity index (χ2v) is 7.55. The van der Waals surface area contributed by atoms with Crippen LogP contribution in [0.3, 0.4) is 0 Å². The normalized spacial score (nSPS) is 16.6. The molecule has 1 atom stereocenters. The summed E-state index contributed by atoms with van der Waals surface area (Å²) in [6, 6.07) is 9.81. The second-order valence-electron chi connectivity index (χ2n) is 7.55. The van der Waals surface area contributed by atoms with E-state index in [0.29, 0.717) is 13.1 Å². The van der Waals surface area contributed by atoms with E-state index in [1.165, 1.54) is 12.1 Å². The molecule has 156 valence electrons. The van der Waals surface area contributed by atoms with Crippen LogP contribution in [0.25, 0.3) is 11.1 Å². The molecule has 1 saturated heterocycles. The van der Waals surface area contributed by atoms with Crippen molar-refractivity contribution in [2.75, 3.05) is 13.2 Å². The summed E-state index contributed by atoms with van der Waals surface area (Å²) >= 11 is 0. The first-order valence-corrected chi connectivity index (χ1v) is 10.3. The monoisotopic (exact) mass is 408 g/mol. The summed E-state index contributed by atoms with van der Waals surface area (Å²) in [7, 11) is 0. The van der Waals surface area contributed by atoms with Gasteiger partial charge < -0.3 is 10.0 Å². The van der Waals surface area contributed by atoms with Gasteiger partial charge in [-0.2, -0.15) is 5.10 Å². The van der Waals surface area contributed by atoms with Crippen molar-refractivity contribution in [1.29, 1.82) is 0 Å². The van der Waals surface area contributed by atoms with Crippen molar-refractivity contribution >= 4 is 5.91 Å². The molecule has 0 spiro atoms. The number of aliphatic hydroxyl groups is 1. The zero-order valence-electron chi connectivity index (χ0n) is 16.7. The van der Waals surface area contributed by atoms with Crippen molar-refractivity contribution in [3.8, 4) is 11.1 Å². The van der Waals surface area contributed by atoms with E-state index in [2.05, 4.69) is 4.98 Å². The third-order valence-electron chi connectivity index (χ3n) is 5.52. The summed E-state index contributed by atoms with van der Waals surface area (Å²) in [6.07, 6.45) is 8.45. The van der Waals surface area contributed by atoms with Crippen molar-refractivity contribution in [1.82, 2.24) is 19.7 Å². The van der Waals surface area contributed by atoms with Crippen molar-refractivity contribution < 1.29 is 14.3 Å². The predicted molar refractivity (Wildman–Crippen MR) is 111 cm³/mol. The molecular weight excluding hydrogens is 383 g/mol. The second kappa shape index (κ2) is 9.17. The Morgan fingerprint density at radius 3 is 2.63 bits per heavy atom. The minimum atomic E-state index is -0.307. The van der Waals surface area contributed by atoms with Gasteiger partial charge in [-0.3, -0.25) is 14.5 Å². The maximum absolute atomic E-state index is 13.2. The summed E-state index contributed by atoms with van der Waals surface area (Å²) in [4.78, 5) is 19.2. The van der Waals surface area contributed by atoms with Crippen LogP contribution >= 0.6 is 0 Å². The molecule has 4 rings (SSSR count). The van der Waals surface area contributed by atoms with E-state index in [1.54, 1.807) is 29.2 Å². The fourth-order valence-electron chi connectivity index (χ4n) is 4.05. The largest absolute Gasteiger partial charge is 0.394 e. The van der Waals surface area contributed by atoms with E-state index in [-0.39, 0.29) is 30.8 Å². The molecule has 1 aromatic carbocycles. The first kappa shape index (κ1) is 20.2. The Kier molecular flexibility index (Phi) is 6.18. The topological polar surface area (TPSA) is 71.2 Å². The Bertz CT molecular complexity index is 988. The molecule has 1 fully saturated rings. The number of aliphatic hydroxyl groups excluding tert-OH is 1. The van der Waals surface area contributed by atoms with Gasteiger partial charge in [0.25, 0.3) is 0 Å². The van der Waals surface area contributed by atoms with Gasteiger partial charge in [0.05, 0.1) is 31.3 Å². The maximum Gasteiger partial charge on any atom is 0.227 e. The first-order valence-electron chi connectivity index (χ1n) is 10.3. The highest BCUT2D eigenvalue weighted by molar-refractivity contribution is 5.80. The zero-order chi connectivity index (χ0) is 20.9. The summed E-state index contributed by atoms with van der Waals surface area (Å²) in [5, 5.41) is 14.1. The number of carbonyl (C=O) groups is 1. The lowest BCUT2D eigenvalue weighted by molar-refractivity contribution is -0.134. The van der Waals surface area contributed by atoms with Gasteiger partial charge in [-0.05, 0) is 54.7 Å². The van der Waals surface area contributed by atoms with Gasteiger partial charge in [0.1, 0.15) is 5.82 Å². The molecule has 3 heterocycles. The number of likely N-dealkylation sites (tertiary alicyclic amines) is 1. The number of hydrogen-bond acceptors (Lipinski definition) is 4. The number of hydrogen-bond donors (Lipinski definition) is 1. The van der Waals surface area contributed by atoms with Gasteiger partial charge in [-0.25, -0.2) is 4.39 Å². The number of nitrogens with zero attached hydrogens (tertiary/aromatic N) is 4. The molecule has 1 aliphatic rings. The van der Waals surface area contributed by atoms with Gasteiger partial charge in [0.2, 0.25) is 5.91 Å². The summed E-state index contributed by atoms with van der Waals surface area (Å²) in [5.41, 5.74) is 3.59. The Morgan fingerprint density at radius 2 is 1.90 bits per heavy atom. The molecule has 2 aromatic heterocycles. The Hall–Kier alpha value is -3.06. The molecule has 6 nitrogen and oxygen atoms in total. The number of pyridine rings is 1. The molecule has 0 radical (unpaired) electrons. The Balaban J connectivity index is 1.65. The summed E-state index contributed by atoms with van der Waals surface area (Å²) in [5.74, 6) is -0.290. The van der Waals surface area contributed by atoms with E-state index < -0.39 is 0 Å². The molecule has 1 aliphatic heterocycles. The molecule has 0 saturated carbocycles. The lowest BCUT2D eigenvalue weighted by Crippen LogP contribution is -2.39. The van der Waals surface area contributed by atoms with E-state index in [1.807, 2.05) is 23.2 Å². The highest BCUT2D eigenvalue weighted by atomic mass is 19.1. The Morgan fingerprint density at radius 1 is 1.13 bits per heavy atom. The molecule has 7 heteroatoms. The smallest absolute Gasteiger partial charge is 0.227 e. The van der Waals surface area contributed by atoms with Crippen LogP contribution < -0.4 is 0 Å². The molecule has 3 aromatic rings. The van der Waals surface area contributed by atoms with Crippen molar-refractivity contribution in [3.63, 3.8) is 0 Å². The minimum Gasteiger partial charge on any atom is -0.394 e. The van der Waals surface area contributed by atoms with E-state index in [0.717, 1.165) is 41.6 Å². The first-order chi connectivity index (χ1) is 14.7. The van der Waals surface area contributed by atoms with Crippen LogP contribution in [0, 0.1) is 5.82 Å². The minimum absolute atomic E-state index is 0.00518. The molecule has 1 N–H and O–H groups in total. The lowest BCUT2D eigenvalue weighted by Gasteiger charge is -2.35. The van der Waals surface area contributed by atoms with E-state index >= 15 is 0 Å². The van der Waals surface area contributed by atoms with Gasteiger partial charge in [-0.15, -0.1) is 0 Å². The van der Waals surface area contributed by atoms with Crippen molar-refractivity contribution in [2.45, 2.75) is 38.3 Å². The number of piperidine rings is 1. The van der Waals surface area contributed by atoms with Crippen LogP contribution in [0.15, 0.2) is 55.0 Å². The molecule has 0 aliphatic carbocycles. The summed E-state index contributed by atoms with van der Waals surface area (Å²) < 4.78 is 14.9. The molecule has 1 amide bonds. The fraction of sp³-hybridized carbons (Fsp3) is 0.348. The van der Waals surface area contributed by atoms with Crippen LogP contribution in [0.5, 0.6) is 0 Å². The summed E-state index contributed by atoms with van der Waals surface area (Å²) in [6.45, 7) is 1.07. The third-order valence-corrected chi connectivity index (χ3v) is 5.52. The Labute approximate surface area is 175 Å². The van der Waals surface area contributed by atoms with Gasteiger partial charge >= 0.3 is 0 Å². The SMILES string of the molecule is O=C(Cc1ccc(F)cc1)N1CCCC[C@@H]1c1nn(CCO)cc1-c1ccncc1. The maximum atomic E-state index is 13.2. The van der Waals surface area contributed by atoms with Crippen LogP contribution in [0.2, 0.25) is 0 Å². The van der Waals surface area contributed by atoms with Crippen LogP contribution in [0.4, 0.5) is 4.39 Å². The quantitative estimate of drug-likeness (QED) is 0.679. The van der Waals surface area contributed by atoms with Crippen LogP contribution in [-0.2, 0) is 17.8 Å². The fourth-order valence-corrected chi connectivity index (χ4v) is 4.05. The van der Waals surface area contributed by atoms with Crippen LogP contribution in [-0.4, -0.2) is 43.8 Å².